The van der Waals surface area contributed by atoms with E-state index < -0.39 is 0 Å². The quantitative estimate of drug-likeness (QED) is 0.631. The van der Waals surface area contributed by atoms with Gasteiger partial charge in [0.1, 0.15) is 11.7 Å². The molecule has 1 fully saturated rings. The second-order valence-electron chi connectivity index (χ2n) is 5.74. The van der Waals surface area contributed by atoms with Crippen LogP contribution in [0.25, 0.3) is 10.9 Å². The van der Waals surface area contributed by atoms with Crippen LogP contribution in [0.3, 0.4) is 0 Å². The van der Waals surface area contributed by atoms with Crippen molar-refractivity contribution >= 4 is 22.6 Å². The first kappa shape index (κ1) is 13.9. The van der Waals surface area contributed by atoms with E-state index in [0.717, 1.165) is 28.8 Å². The highest BCUT2D eigenvalue weighted by atomic mass is 15.2. The SMILES string of the molecule is CCCCN(c1cc(C(=N)N)c2ccccc2n1)C1CC1. The maximum atomic E-state index is 7.85. The average Bonchev–Trinajstić information content (AvgIpc) is 3.31. The number of nitrogen functional groups attached to an aromatic ring is 1. The molecule has 0 bridgehead atoms. The predicted octanol–water partition coefficient (Wildman–Crippen LogP) is 3.29. The van der Waals surface area contributed by atoms with Crippen LogP contribution in [0.15, 0.2) is 30.3 Å². The Bertz CT molecular complexity index is 661. The molecule has 1 saturated carbocycles. The van der Waals surface area contributed by atoms with Gasteiger partial charge in [-0.15, -0.1) is 0 Å². The lowest BCUT2D eigenvalue weighted by Crippen LogP contribution is -2.28. The maximum Gasteiger partial charge on any atom is 0.130 e. The summed E-state index contributed by atoms with van der Waals surface area (Å²) in [5.41, 5.74) is 7.49. The second-order valence-corrected chi connectivity index (χ2v) is 5.74. The molecule has 2 aromatic rings. The summed E-state index contributed by atoms with van der Waals surface area (Å²) in [7, 11) is 0. The largest absolute Gasteiger partial charge is 0.384 e. The molecule has 1 heterocycles. The van der Waals surface area contributed by atoms with Crippen LogP contribution >= 0.6 is 0 Å². The van der Waals surface area contributed by atoms with Crippen molar-refractivity contribution in [2.24, 2.45) is 5.73 Å². The van der Waals surface area contributed by atoms with Crippen molar-refractivity contribution in [2.45, 2.75) is 38.6 Å². The number of nitrogens with one attached hydrogen (secondary N) is 1. The number of hydrogen-bond donors (Lipinski definition) is 2. The van der Waals surface area contributed by atoms with Crippen molar-refractivity contribution in [3.63, 3.8) is 0 Å². The lowest BCUT2D eigenvalue weighted by atomic mass is 10.1. The number of unbranched alkanes of at least 4 members (excludes halogenated alkanes) is 1. The Balaban J connectivity index is 2.06. The molecule has 4 heteroatoms. The number of fused-ring (bicyclic) bond motifs is 1. The number of amidine groups is 1. The molecule has 0 aliphatic heterocycles. The van der Waals surface area contributed by atoms with E-state index >= 15 is 0 Å². The Hall–Kier alpha value is -2.10. The zero-order chi connectivity index (χ0) is 14.8. The number of hydrogen-bond acceptors (Lipinski definition) is 3. The molecule has 0 unspecified atom stereocenters. The van der Waals surface area contributed by atoms with Gasteiger partial charge in [0.25, 0.3) is 0 Å². The fourth-order valence-corrected chi connectivity index (χ4v) is 2.73. The van der Waals surface area contributed by atoms with E-state index in [2.05, 4.69) is 11.8 Å². The van der Waals surface area contributed by atoms with Crippen LogP contribution in [0.2, 0.25) is 0 Å². The molecule has 4 nitrogen and oxygen atoms in total. The molecule has 110 valence electrons. The van der Waals surface area contributed by atoms with Crippen molar-refractivity contribution in [1.82, 2.24) is 4.98 Å². The van der Waals surface area contributed by atoms with E-state index in [-0.39, 0.29) is 5.84 Å². The Labute approximate surface area is 125 Å². The minimum Gasteiger partial charge on any atom is -0.384 e. The summed E-state index contributed by atoms with van der Waals surface area (Å²) in [5.74, 6) is 1.08. The Morgan fingerprint density at radius 2 is 2.14 bits per heavy atom. The number of para-hydroxylation sites is 1. The van der Waals surface area contributed by atoms with Gasteiger partial charge in [-0.1, -0.05) is 31.5 Å². The smallest absolute Gasteiger partial charge is 0.130 e. The van der Waals surface area contributed by atoms with Gasteiger partial charge in [-0.2, -0.15) is 0 Å². The Kier molecular flexibility index (Phi) is 3.78. The first-order valence-electron chi connectivity index (χ1n) is 7.71. The highest BCUT2D eigenvalue weighted by Gasteiger charge is 2.30. The van der Waals surface area contributed by atoms with Gasteiger partial charge in [0.05, 0.1) is 5.52 Å². The van der Waals surface area contributed by atoms with Gasteiger partial charge < -0.3 is 10.6 Å². The highest BCUT2D eigenvalue weighted by Crippen LogP contribution is 2.32. The third kappa shape index (κ3) is 2.84. The average molecular weight is 282 g/mol. The number of nitrogens with zero attached hydrogens (tertiary/aromatic N) is 2. The first-order chi connectivity index (χ1) is 10.2. The summed E-state index contributed by atoms with van der Waals surface area (Å²) < 4.78 is 0. The van der Waals surface area contributed by atoms with Crippen LogP contribution in [-0.4, -0.2) is 23.4 Å². The van der Waals surface area contributed by atoms with Crippen molar-refractivity contribution < 1.29 is 0 Å². The van der Waals surface area contributed by atoms with Gasteiger partial charge in [0.15, 0.2) is 0 Å². The number of rotatable bonds is 6. The summed E-state index contributed by atoms with van der Waals surface area (Å²) >= 11 is 0. The molecule has 3 rings (SSSR count). The lowest BCUT2D eigenvalue weighted by molar-refractivity contribution is 0.706. The normalized spacial score (nSPS) is 14.3. The van der Waals surface area contributed by atoms with E-state index in [1.54, 1.807) is 0 Å². The van der Waals surface area contributed by atoms with E-state index in [9.17, 15) is 0 Å². The number of anilines is 1. The van der Waals surface area contributed by atoms with E-state index in [0.29, 0.717) is 6.04 Å². The fraction of sp³-hybridized carbons (Fsp3) is 0.412. The van der Waals surface area contributed by atoms with Gasteiger partial charge in [-0.05, 0) is 31.4 Å². The van der Waals surface area contributed by atoms with Crippen molar-refractivity contribution in [3.8, 4) is 0 Å². The second kappa shape index (κ2) is 5.72. The minimum absolute atomic E-state index is 0.112. The van der Waals surface area contributed by atoms with Crippen molar-refractivity contribution in [3.05, 3.63) is 35.9 Å². The zero-order valence-corrected chi connectivity index (χ0v) is 12.5. The molecule has 0 spiro atoms. The summed E-state index contributed by atoms with van der Waals surface area (Å²) in [6.07, 6.45) is 4.83. The molecular formula is C17H22N4. The molecule has 1 aliphatic rings. The van der Waals surface area contributed by atoms with Gasteiger partial charge in [-0.25, -0.2) is 4.98 Å². The predicted molar refractivity (Wildman–Crippen MR) is 88.0 cm³/mol. The molecule has 0 radical (unpaired) electrons. The van der Waals surface area contributed by atoms with Gasteiger partial charge in [0, 0.05) is 23.5 Å². The van der Waals surface area contributed by atoms with E-state index in [1.165, 1.54) is 25.7 Å². The standard InChI is InChI=1S/C17H22N4/c1-2-3-10-21(12-8-9-12)16-11-14(17(18)19)13-6-4-5-7-15(13)20-16/h4-7,11-12H,2-3,8-10H2,1H3,(H3,18,19). The summed E-state index contributed by atoms with van der Waals surface area (Å²) in [4.78, 5) is 7.20. The fourth-order valence-electron chi connectivity index (χ4n) is 2.73. The molecule has 3 N–H and O–H groups in total. The molecule has 1 aromatic carbocycles. The van der Waals surface area contributed by atoms with E-state index in [1.807, 2.05) is 30.3 Å². The Morgan fingerprint density at radius 3 is 2.81 bits per heavy atom. The third-order valence-corrected chi connectivity index (χ3v) is 4.03. The molecule has 21 heavy (non-hydrogen) atoms. The van der Waals surface area contributed by atoms with Gasteiger partial charge in [0.2, 0.25) is 0 Å². The number of benzene rings is 1. The van der Waals surface area contributed by atoms with Crippen LogP contribution in [0.1, 0.15) is 38.2 Å². The molecule has 0 saturated heterocycles. The van der Waals surface area contributed by atoms with Crippen molar-refractivity contribution in [1.29, 1.82) is 5.41 Å². The van der Waals surface area contributed by atoms with E-state index in [4.69, 9.17) is 16.1 Å². The molecular weight excluding hydrogens is 260 g/mol. The Morgan fingerprint density at radius 1 is 1.38 bits per heavy atom. The first-order valence-corrected chi connectivity index (χ1v) is 7.71. The molecule has 1 aromatic heterocycles. The van der Waals surface area contributed by atoms with Crippen LogP contribution in [0.5, 0.6) is 0 Å². The minimum atomic E-state index is 0.112. The summed E-state index contributed by atoms with van der Waals surface area (Å²) in [6, 6.07) is 10.5. The summed E-state index contributed by atoms with van der Waals surface area (Å²) in [5, 5.41) is 8.81. The van der Waals surface area contributed by atoms with Crippen LogP contribution in [0.4, 0.5) is 5.82 Å². The number of nitrogens with two attached hydrogens (primary N) is 1. The van der Waals surface area contributed by atoms with Crippen LogP contribution < -0.4 is 10.6 Å². The topological polar surface area (TPSA) is 66.0 Å². The van der Waals surface area contributed by atoms with Gasteiger partial charge in [-0.3, -0.25) is 5.41 Å². The zero-order valence-electron chi connectivity index (χ0n) is 12.5. The summed E-state index contributed by atoms with van der Waals surface area (Å²) in [6.45, 7) is 3.24. The van der Waals surface area contributed by atoms with Gasteiger partial charge >= 0.3 is 0 Å². The molecule has 0 amide bonds. The van der Waals surface area contributed by atoms with Crippen LogP contribution in [0, 0.1) is 5.41 Å². The highest BCUT2D eigenvalue weighted by molar-refractivity contribution is 6.07. The maximum absolute atomic E-state index is 7.85. The third-order valence-electron chi connectivity index (χ3n) is 4.03. The molecule has 1 aliphatic carbocycles. The lowest BCUT2D eigenvalue weighted by Gasteiger charge is -2.24. The molecule has 0 atom stereocenters. The monoisotopic (exact) mass is 282 g/mol. The van der Waals surface area contributed by atoms with Crippen molar-refractivity contribution in [2.75, 3.05) is 11.4 Å². The van der Waals surface area contributed by atoms with Crippen LogP contribution in [-0.2, 0) is 0 Å². The number of aromatic nitrogens is 1. The number of pyridine rings is 1.